The highest BCUT2D eigenvalue weighted by molar-refractivity contribution is 7.91. The second kappa shape index (κ2) is 7.25. The zero-order chi connectivity index (χ0) is 15.2. The summed E-state index contributed by atoms with van der Waals surface area (Å²) in [7, 11) is -3.07. The van der Waals surface area contributed by atoms with Crippen molar-refractivity contribution >= 4 is 21.6 Å². The summed E-state index contributed by atoms with van der Waals surface area (Å²) in [4.78, 5) is 11.6. The fourth-order valence-electron chi connectivity index (χ4n) is 1.54. The van der Waals surface area contributed by atoms with Crippen molar-refractivity contribution in [1.29, 1.82) is 0 Å². The SMILES string of the molecule is CCS(=O)(=O)CCNC(=O)Nc1cccc(C(C)N)c1. The van der Waals surface area contributed by atoms with Gasteiger partial charge in [-0.05, 0) is 24.6 Å². The van der Waals surface area contributed by atoms with Gasteiger partial charge in [-0.1, -0.05) is 19.1 Å². The third-order valence-corrected chi connectivity index (χ3v) is 4.51. The largest absolute Gasteiger partial charge is 0.337 e. The van der Waals surface area contributed by atoms with E-state index in [2.05, 4.69) is 10.6 Å². The van der Waals surface area contributed by atoms with E-state index >= 15 is 0 Å². The third kappa shape index (κ3) is 5.58. The Hall–Kier alpha value is -1.60. The first-order valence-corrected chi connectivity index (χ1v) is 8.27. The molecule has 1 aromatic rings. The number of sulfone groups is 1. The predicted octanol–water partition coefficient (Wildman–Crippen LogP) is 1.26. The van der Waals surface area contributed by atoms with Gasteiger partial charge in [0.25, 0.3) is 0 Å². The molecule has 0 aromatic heterocycles. The Morgan fingerprint density at radius 1 is 1.40 bits per heavy atom. The number of carbonyl (C=O) groups is 1. The molecule has 6 nitrogen and oxygen atoms in total. The molecule has 1 aromatic carbocycles. The minimum Gasteiger partial charge on any atom is -0.337 e. The number of amides is 2. The molecule has 7 heteroatoms. The van der Waals surface area contributed by atoms with Gasteiger partial charge in [0.1, 0.15) is 0 Å². The molecule has 1 unspecified atom stereocenters. The minimum absolute atomic E-state index is 0.0587. The molecule has 1 rings (SSSR count). The van der Waals surface area contributed by atoms with Gasteiger partial charge in [0.15, 0.2) is 9.84 Å². The Labute approximate surface area is 119 Å². The molecule has 0 spiro atoms. The number of nitrogens with two attached hydrogens (primary N) is 1. The van der Waals surface area contributed by atoms with Crippen LogP contribution >= 0.6 is 0 Å². The second-order valence-electron chi connectivity index (χ2n) is 4.53. The highest BCUT2D eigenvalue weighted by Gasteiger charge is 2.08. The topological polar surface area (TPSA) is 101 Å². The van der Waals surface area contributed by atoms with E-state index in [-0.39, 0.29) is 24.1 Å². The van der Waals surface area contributed by atoms with E-state index in [1.54, 1.807) is 25.1 Å². The number of nitrogens with one attached hydrogen (secondary N) is 2. The molecule has 20 heavy (non-hydrogen) atoms. The molecule has 112 valence electrons. The van der Waals surface area contributed by atoms with Gasteiger partial charge >= 0.3 is 6.03 Å². The summed E-state index contributed by atoms with van der Waals surface area (Å²) in [5, 5.41) is 5.15. The van der Waals surface area contributed by atoms with Gasteiger partial charge in [0, 0.05) is 24.0 Å². The molecule has 0 saturated heterocycles. The van der Waals surface area contributed by atoms with Crippen molar-refractivity contribution in [3.05, 3.63) is 29.8 Å². The predicted molar refractivity (Wildman–Crippen MR) is 80.4 cm³/mol. The van der Waals surface area contributed by atoms with Crippen LogP contribution in [0.4, 0.5) is 10.5 Å². The Bertz CT molecular complexity index is 556. The number of carbonyl (C=O) groups excluding carboxylic acids is 1. The lowest BCUT2D eigenvalue weighted by molar-refractivity contribution is 0.252. The van der Waals surface area contributed by atoms with Crippen molar-refractivity contribution in [3.63, 3.8) is 0 Å². The molecule has 0 bridgehead atoms. The van der Waals surface area contributed by atoms with Crippen LogP contribution in [-0.2, 0) is 9.84 Å². The maximum absolute atomic E-state index is 11.6. The Kier molecular flexibility index (Phi) is 5.97. The number of benzene rings is 1. The number of anilines is 1. The number of hydrogen-bond acceptors (Lipinski definition) is 4. The van der Waals surface area contributed by atoms with Crippen LogP contribution in [0.5, 0.6) is 0 Å². The van der Waals surface area contributed by atoms with Gasteiger partial charge in [-0.15, -0.1) is 0 Å². The van der Waals surface area contributed by atoms with Crippen molar-refractivity contribution in [3.8, 4) is 0 Å². The van der Waals surface area contributed by atoms with E-state index in [0.717, 1.165) is 5.56 Å². The first kappa shape index (κ1) is 16.5. The summed E-state index contributed by atoms with van der Waals surface area (Å²) in [6.07, 6.45) is 0. The van der Waals surface area contributed by atoms with Crippen LogP contribution in [0.1, 0.15) is 25.5 Å². The van der Waals surface area contributed by atoms with E-state index in [1.165, 1.54) is 0 Å². The standard InChI is InChI=1S/C13H21N3O3S/c1-3-20(18,19)8-7-15-13(17)16-12-6-4-5-11(9-12)10(2)14/h4-6,9-10H,3,7-8,14H2,1-2H3,(H2,15,16,17). The van der Waals surface area contributed by atoms with Gasteiger partial charge in [-0.3, -0.25) is 0 Å². The van der Waals surface area contributed by atoms with Crippen LogP contribution in [0.3, 0.4) is 0 Å². The van der Waals surface area contributed by atoms with Crippen LogP contribution in [0.15, 0.2) is 24.3 Å². The minimum atomic E-state index is -3.07. The van der Waals surface area contributed by atoms with Crippen molar-refractivity contribution in [2.45, 2.75) is 19.9 Å². The highest BCUT2D eigenvalue weighted by atomic mass is 32.2. The van der Waals surface area contributed by atoms with E-state index in [4.69, 9.17) is 5.73 Å². The fraction of sp³-hybridized carbons (Fsp3) is 0.462. The molecule has 1 atom stereocenters. The molecule has 0 saturated carbocycles. The van der Waals surface area contributed by atoms with Crippen molar-refractivity contribution < 1.29 is 13.2 Å². The van der Waals surface area contributed by atoms with Gasteiger partial charge in [0.05, 0.1) is 5.75 Å². The average Bonchev–Trinajstić information content (AvgIpc) is 2.38. The molecule has 4 N–H and O–H groups in total. The molecule has 0 aliphatic rings. The third-order valence-electron chi connectivity index (χ3n) is 2.81. The van der Waals surface area contributed by atoms with Crippen molar-refractivity contribution in [2.75, 3.05) is 23.4 Å². The van der Waals surface area contributed by atoms with E-state index in [0.29, 0.717) is 5.69 Å². The first-order chi connectivity index (χ1) is 9.34. The highest BCUT2D eigenvalue weighted by Crippen LogP contribution is 2.15. The number of rotatable bonds is 6. The number of hydrogen-bond donors (Lipinski definition) is 3. The van der Waals surface area contributed by atoms with Gasteiger partial charge in [0.2, 0.25) is 0 Å². The van der Waals surface area contributed by atoms with E-state index < -0.39 is 15.9 Å². The summed E-state index contributed by atoms with van der Waals surface area (Å²) in [5.41, 5.74) is 7.30. The molecule has 0 heterocycles. The van der Waals surface area contributed by atoms with Crippen molar-refractivity contribution in [2.24, 2.45) is 5.73 Å². The summed E-state index contributed by atoms with van der Waals surface area (Å²) in [5.74, 6) is 0.0174. The van der Waals surface area contributed by atoms with Gasteiger partial charge in [-0.25, -0.2) is 13.2 Å². The van der Waals surface area contributed by atoms with Crippen LogP contribution < -0.4 is 16.4 Å². The molecule has 0 aliphatic carbocycles. The summed E-state index contributed by atoms with van der Waals surface area (Å²) >= 11 is 0. The molecule has 0 radical (unpaired) electrons. The molecular weight excluding hydrogens is 278 g/mol. The maximum atomic E-state index is 11.6. The number of urea groups is 1. The zero-order valence-electron chi connectivity index (χ0n) is 11.7. The van der Waals surface area contributed by atoms with Crippen LogP contribution in [-0.4, -0.2) is 32.5 Å². The van der Waals surface area contributed by atoms with Gasteiger partial charge in [-0.2, -0.15) is 0 Å². The fourth-order valence-corrected chi connectivity index (χ4v) is 2.24. The summed E-state index contributed by atoms with van der Waals surface area (Å²) in [6, 6.07) is 6.66. The quantitative estimate of drug-likeness (QED) is 0.736. The van der Waals surface area contributed by atoms with E-state index in [1.807, 2.05) is 13.0 Å². The van der Waals surface area contributed by atoms with Crippen molar-refractivity contribution in [1.82, 2.24) is 5.32 Å². The monoisotopic (exact) mass is 299 g/mol. The lowest BCUT2D eigenvalue weighted by Gasteiger charge is -2.10. The molecule has 0 fully saturated rings. The molecule has 2 amide bonds. The summed E-state index contributed by atoms with van der Waals surface area (Å²) < 4.78 is 22.5. The molecular formula is C13H21N3O3S. The van der Waals surface area contributed by atoms with Crippen LogP contribution in [0, 0.1) is 0 Å². The van der Waals surface area contributed by atoms with E-state index in [9.17, 15) is 13.2 Å². The van der Waals surface area contributed by atoms with Gasteiger partial charge < -0.3 is 16.4 Å². The summed E-state index contributed by atoms with van der Waals surface area (Å²) in [6.45, 7) is 3.53. The Morgan fingerprint density at radius 2 is 2.10 bits per heavy atom. The maximum Gasteiger partial charge on any atom is 0.319 e. The lowest BCUT2D eigenvalue weighted by Crippen LogP contribution is -2.33. The Balaban J connectivity index is 2.49. The Morgan fingerprint density at radius 3 is 2.70 bits per heavy atom. The molecule has 0 aliphatic heterocycles. The average molecular weight is 299 g/mol. The second-order valence-corrected chi connectivity index (χ2v) is 7.00. The van der Waals surface area contributed by atoms with Crippen LogP contribution in [0.25, 0.3) is 0 Å². The zero-order valence-corrected chi connectivity index (χ0v) is 12.5. The first-order valence-electron chi connectivity index (χ1n) is 6.45. The lowest BCUT2D eigenvalue weighted by atomic mass is 10.1. The van der Waals surface area contributed by atoms with Crippen LogP contribution in [0.2, 0.25) is 0 Å². The smallest absolute Gasteiger partial charge is 0.319 e. The normalized spacial score (nSPS) is 12.8.